The highest BCUT2D eigenvalue weighted by molar-refractivity contribution is 9.10. The summed E-state index contributed by atoms with van der Waals surface area (Å²) in [7, 11) is 1.98. The van der Waals surface area contributed by atoms with Crippen molar-refractivity contribution in [3.05, 3.63) is 28.7 Å². The molecule has 0 unspecified atom stereocenters. The lowest BCUT2D eigenvalue weighted by Crippen LogP contribution is -2.38. The summed E-state index contributed by atoms with van der Waals surface area (Å²) < 4.78 is 6.65. The number of halogens is 1. The largest absolute Gasteiger partial charge is 0.492 e. The average Bonchev–Trinajstić information content (AvgIpc) is 2.18. The minimum atomic E-state index is -0.660. The molecule has 0 saturated heterocycles. The van der Waals surface area contributed by atoms with E-state index in [1.165, 1.54) is 0 Å². The summed E-state index contributed by atoms with van der Waals surface area (Å²) in [4.78, 5) is 2.05. The van der Waals surface area contributed by atoms with Gasteiger partial charge in [-0.2, -0.15) is 0 Å². The molecule has 0 heterocycles. The molecular weight excluding hydrogens is 282 g/mol. The third kappa shape index (κ3) is 6.66. The maximum absolute atomic E-state index is 9.65. The van der Waals surface area contributed by atoms with E-state index in [1.807, 2.05) is 31.3 Å². The van der Waals surface area contributed by atoms with Crippen LogP contribution in [0.4, 0.5) is 0 Å². The Hall–Kier alpha value is -0.580. The maximum Gasteiger partial charge on any atom is 0.119 e. The van der Waals surface area contributed by atoms with Gasteiger partial charge in [0.15, 0.2) is 0 Å². The molecule has 17 heavy (non-hydrogen) atoms. The number of nitrogens with zero attached hydrogens (tertiary/aromatic N) is 1. The van der Waals surface area contributed by atoms with E-state index in [0.29, 0.717) is 13.2 Å². The van der Waals surface area contributed by atoms with Gasteiger partial charge in [0, 0.05) is 17.6 Å². The summed E-state index contributed by atoms with van der Waals surface area (Å²) in [6.07, 6.45) is 0. The van der Waals surface area contributed by atoms with Crippen LogP contribution in [0.5, 0.6) is 5.75 Å². The Morgan fingerprint density at radius 2 is 1.88 bits per heavy atom. The molecule has 0 saturated carbocycles. The number of aliphatic hydroxyl groups is 1. The van der Waals surface area contributed by atoms with Gasteiger partial charge in [-0.15, -0.1) is 0 Å². The molecule has 0 fully saturated rings. The molecule has 1 aromatic rings. The Kier molecular flexibility index (Phi) is 5.43. The van der Waals surface area contributed by atoms with Crippen LogP contribution in [-0.2, 0) is 0 Å². The lowest BCUT2D eigenvalue weighted by molar-refractivity contribution is 0.0411. The van der Waals surface area contributed by atoms with Gasteiger partial charge in [0.1, 0.15) is 12.4 Å². The van der Waals surface area contributed by atoms with Gasteiger partial charge in [-0.25, -0.2) is 0 Å². The molecule has 0 spiro atoms. The standard InChI is InChI=1S/C13H20BrNO2/c1-13(2,16)10-15(3)8-9-17-12-6-4-11(14)5-7-12/h4-7,16H,8-10H2,1-3H3. The van der Waals surface area contributed by atoms with E-state index in [1.54, 1.807) is 13.8 Å². The highest BCUT2D eigenvalue weighted by Crippen LogP contribution is 2.15. The van der Waals surface area contributed by atoms with Crippen LogP contribution in [0.2, 0.25) is 0 Å². The molecule has 4 heteroatoms. The van der Waals surface area contributed by atoms with Crippen LogP contribution < -0.4 is 4.74 Å². The Labute approximate surface area is 112 Å². The minimum Gasteiger partial charge on any atom is -0.492 e. The number of ether oxygens (including phenoxy) is 1. The zero-order valence-electron chi connectivity index (χ0n) is 10.6. The number of benzene rings is 1. The topological polar surface area (TPSA) is 32.7 Å². The van der Waals surface area contributed by atoms with E-state index in [0.717, 1.165) is 16.8 Å². The first-order valence-corrected chi connectivity index (χ1v) is 6.45. The monoisotopic (exact) mass is 301 g/mol. The first-order chi connectivity index (χ1) is 7.87. The normalized spacial score (nSPS) is 11.9. The van der Waals surface area contributed by atoms with Gasteiger partial charge in [0.05, 0.1) is 5.60 Å². The second-order valence-corrected chi connectivity index (χ2v) is 5.77. The maximum atomic E-state index is 9.65. The van der Waals surface area contributed by atoms with Crippen molar-refractivity contribution in [3.8, 4) is 5.75 Å². The van der Waals surface area contributed by atoms with Crippen LogP contribution in [0, 0.1) is 0 Å². The van der Waals surface area contributed by atoms with Gasteiger partial charge in [-0.1, -0.05) is 15.9 Å². The molecule has 0 aliphatic heterocycles. The molecule has 0 bridgehead atoms. The second-order valence-electron chi connectivity index (χ2n) is 4.85. The minimum absolute atomic E-state index is 0.619. The van der Waals surface area contributed by atoms with Crippen molar-refractivity contribution < 1.29 is 9.84 Å². The second kappa shape index (κ2) is 6.38. The molecule has 1 aromatic carbocycles. The summed E-state index contributed by atoms with van der Waals surface area (Å²) in [6, 6.07) is 7.77. The summed E-state index contributed by atoms with van der Waals surface area (Å²) in [6.45, 7) is 5.66. The number of rotatable bonds is 6. The van der Waals surface area contributed by atoms with Crippen LogP contribution in [0.3, 0.4) is 0 Å². The van der Waals surface area contributed by atoms with Gasteiger partial charge in [0.2, 0.25) is 0 Å². The van der Waals surface area contributed by atoms with Crippen molar-refractivity contribution in [1.29, 1.82) is 0 Å². The highest BCUT2D eigenvalue weighted by Gasteiger charge is 2.15. The zero-order valence-corrected chi connectivity index (χ0v) is 12.2. The van der Waals surface area contributed by atoms with Gasteiger partial charge >= 0.3 is 0 Å². The Morgan fingerprint density at radius 3 is 2.41 bits per heavy atom. The lowest BCUT2D eigenvalue weighted by atomic mass is 10.1. The molecule has 96 valence electrons. The summed E-state index contributed by atoms with van der Waals surface area (Å²) >= 11 is 3.38. The predicted molar refractivity (Wildman–Crippen MR) is 73.4 cm³/mol. The van der Waals surface area contributed by atoms with E-state index in [9.17, 15) is 5.11 Å². The Bertz CT molecular complexity index is 332. The first kappa shape index (κ1) is 14.5. The molecule has 3 nitrogen and oxygen atoms in total. The summed E-state index contributed by atoms with van der Waals surface area (Å²) in [5, 5.41) is 9.65. The SMILES string of the molecule is CN(CCOc1ccc(Br)cc1)CC(C)(C)O. The molecule has 0 atom stereocenters. The molecule has 1 N–H and O–H groups in total. The van der Waals surface area contributed by atoms with Gasteiger partial charge < -0.3 is 14.7 Å². The smallest absolute Gasteiger partial charge is 0.119 e. The molecule has 0 aromatic heterocycles. The van der Waals surface area contributed by atoms with Crippen LogP contribution >= 0.6 is 15.9 Å². The van der Waals surface area contributed by atoms with Crippen molar-refractivity contribution in [3.63, 3.8) is 0 Å². The van der Waals surface area contributed by atoms with Crippen molar-refractivity contribution >= 4 is 15.9 Å². The zero-order chi connectivity index (χ0) is 12.9. The van der Waals surface area contributed by atoms with E-state index >= 15 is 0 Å². The Morgan fingerprint density at radius 1 is 1.29 bits per heavy atom. The van der Waals surface area contributed by atoms with Gasteiger partial charge in [-0.05, 0) is 45.2 Å². The van der Waals surface area contributed by atoms with E-state index in [4.69, 9.17) is 4.74 Å². The molecule has 0 amide bonds. The fourth-order valence-corrected chi connectivity index (χ4v) is 1.85. The van der Waals surface area contributed by atoms with Crippen molar-refractivity contribution in [2.75, 3.05) is 26.7 Å². The summed E-state index contributed by atoms with van der Waals surface area (Å²) in [5.41, 5.74) is -0.660. The van der Waals surface area contributed by atoms with E-state index < -0.39 is 5.60 Å². The first-order valence-electron chi connectivity index (χ1n) is 5.66. The number of hydrogen-bond acceptors (Lipinski definition) is 3. The molecule has 0 aliphatic carbocycles. The molecule has 1 rings (SSSR count). The fourth-order valence-electron chi connectivity index (χ4n) is 1.59. The molecule has 0 aliphatic rings. The third-order valence-electron chi connectivity index (χ3n) is 2.21. The lowest BCUT2D eigenvalue weighted by Gasteiger charge is -2.25. The van der Waals surface area contributed by atoms with Crippen molar-refractivity contribution in [2.24, 2.45) is 0 Å². The van der Waals surface area contributed by atoms with E-state index in [-0.39, 0.29) is 0 Å². The van der Waals surface area contributed by atoms with Crippen LogP contribution in [0.15, 0.2) is 28.7 Å². The highest BCUT2D eigenvalue weighted by atomic mass is 79.9. The van der Waals surface area contributed by atoms with Crippen LogP contribution in [0.25, 0.3) is 0 Å². The van der Waals surface area contributed by atoms with Crippen LogP contribution in [-0.4, -0.2) is 42.4 Å². The Balaban J connectivity index is 2.26. The molecule has 0 radical (unpaired) electrons. The van der Waals surface area contributed by atoms with Gasteiger partial charge in [-0.3, -0.25) is 0 Å². The van der Waals surface area contributed by atoms with Crippen molar-refractivity contribution in [1.82, 2.24) is 4.90 Å². The predicted octanol–water partition coefficient (Wildman–Crippen LogP) is 2.53. The van der Waals surface area contributed by atoms with Gasteiger partial charge in [0.25, 0.3) is 0 Å². The van der Waals surface area contributed by atoms with E-state index in [2.05, 4.69) is 20.8 Å². The molecular formula is C13H20BrNO2. The van der Waals surface area contributed by atoms with Crippen LogP contribution in [0.1, 0.15) is 13.8 Å². The average molecular weight is 302 g/mol. The third-order valence-corrected chi connectivity index (χ3v) is 2.74. The summed E-state index contributed by atoms with van der Waals surface area (Å²) in [5.74, 6) is 0.866. The quantitative estimate of drug-likeness (QED) is 0.876. The van der Waals surface area contributed by atoms with Crippen molar-refractivity contribution in [2.45, 2.75) is 19.4 Å². The fraction of sp³-hybridized carbons (Fsp3) is 0.538. The number of likely N-dealkylation sites (N-methyl/N-ethyl adjacent to an activating group) is 1. The number of hydrogen-bond donors (Lipinski definition) is 1.